The SMILES string of the molecule is CC.CC.CC(C)(C)c1c[nH]c2ccccc12. The quantitative estimate of drug-likeness (QED) is 0.617. The van der Waals surface area contributed by atoms with E-state index >= 15 is 0 Å². The zero-order valence-corrected chi connectivity index (χ0v) is 12.4. The van der Waals surface area contributed by atoms with Crippen molar-refractivity contribution in [3.05, 3.63) is 36.0 Å². The van der Waals surface area contributed by atoms with Gasteiger partial charge in [0.05, 0.1) is 0 Å². The Kier molecular flexibility index (Phi) is 6.64. The summed E-state index contributed by atoms with van der Waals surface area (Å²) in [5.41, 5.74) is 2.84. The summed E-state index contributed by atoms with van der Waals surface area (Å²) in [6, 6.07) is 8.44. The van der Waals surface area contributed by atoms with Gasteiger partial charge in [-0.3, -0.25) is 0 Å². The molecule has 0 aliphatic carbocycles. The molecule has 0 aliphatic heterocycles. The van der Waals surface area contributed by atoms with Crippen LogP contribution in [0.4, 0.5) is 0 Å². The van der Waals surface area contributed by atoms with E-state index in [1.165, 1.54) is 16.5 Å². The molecule has 0 fully saturated rings. The summed E-state index contributed by atoms with van der Waals surface area (Å²) in [6.45, 7) is 14.7. The monoisotopic (exact) mass is 233 g/mol. The standard InChI is InChI=1S/C12H15N.2C2H6/c1-12(2,3)10-8-13-11-7-5-4-6-9(10)11;2*1-2/h4-8,13H,1-3H3;2*1-2H3. The van der Waals surface area contributed by atoms with E-state index in [9.17, 15) is 0 Å². The molecule has 2 aromatic rings. The third-order valence-electron chi connectivity index (χ3n) is 2.40. The van der Waals surface area contributed by atoms with E-state index in [0.717, 1.165) is 0 Å². The molecule has 2 rings (SSSR count). The van der Waals surface area contributed by atoms with Crippen LogP contribution in [0.3, 0.4) is 0 Å². The highest BCUT2D eigenvalue weighted by Gasteiger charge is 2.17. The first kappa shape index (κ1) is 15.8. The number of nitrogens with one attached hydrogen (secondary N) is 1. The van der Waals surface area contributed by atoms with Crippen LogP contribution in [-0.4, -0.2) is 4.98 Å². The fourth-order valence-electron chi connectivity index (χ4n) is 1.69. The molecule has 96 valence electrons. The minimum absolute atomic E-state index is 0.222. The van der Waals surface area contributed by atoms with Gasteiger partial charge in [0.15, 0.2) is 0 Å². The molecule has 0 aliphatic rings. The maximum atomic E-state index is 3.29. The van der Waals surface area contributed by atoms with Crippen molar-refractivity contribution in [2.24, 2.45) is 0 Å². The number of para-hydroxylation sites is 1. The van der Waals surface area contributed by atoms with Gasteiger partial charge in [0.1, 0.15) is 0 Å². The number of benzene rings is 1. The fraction of sp³-hybridized carbons (Fsp3) is 0.500. The highest BCUT2D eigenvalue weighted by Crippen LogP contribution is 2.29. The second kappa shape index (κ2) is 7.16. The van der Waals surface area contributed by atoms with Crippen molar-refractivity contribution in [1.29, 1.82) is 0 Å². The summed E-state index contributed by atoms with van der Waals surface area (Å²) < 4.78 is 0. The van der Waals surface area contributed by atoms with Crippen LogP contribution in [0.1, 0.15) is 54.0 Å². The molecular weight excluding hydrogens is 206 g/mol. The average Bonchev–Trinajstić information content (AvgIpc) is 2.77. The average molecular weight is 233 g/mol. The Bertz CT molecular complexity index is 418. The summed E-state index contributed by atoms with van der Waals surface area (Å²) in [7, 11) is 0. The van der Waals surface area contributed by atoms with Gasteiger partial charge in [-0.2, -0.15) is 0 Å². The molecule has 0 amide bonds. The van der Waals surface area contributed by atoms with Crippen LogP contribution < -0.4 is 0 Å². The van der Waals surface area contributed by atoms with E-state index in [1.807, 2.05) is 27.7 Å². The van der Waals surface area contributed by atoms with Gasteiger partial charge in [0.25, 0.3) is 0 Å². The van der Waals surface area contributed by atoms with Crippen LogP contribution in [0.25, 0.3) is 10.9 Å². The molecule has 1 N–H and O–H groups in total. The molecule has 1 heteroatoms. The van der Waals surface area contributed by atoms with Crippen molar-refractivity contribution in [3.63, 3.8) is 0 Å². The van der Waals surface area contributed by atoms with Gasteiger partial charge >= 0.3 is 0 Å². The van der Waals surface area contributed by atoms with Crippen molar-refractivity contribution in [1.82, 2.24) is 4.98 Å². The Morgan fingerprint density at radius 1 is 0.882 bits per heavy atom. The van der Waals surface area contributed by atoms with Crippen LogP contribution >= 0.6 is 0 Å². The second-order valence-corrected chi connectivity index (χ2v) is 4.50. The van der Waals surface area contributed by atoms with Gasteiger partial charge in [-0.15, -0.1) is 0 Å². The van der Waals surface area contributed by atoms with E-state index < -0.39 is 0 Å². The molecule has 0 radical (unpaired) electrons. The Labute approximate surface area is 106 Å². The highest BCUT2D eigenvalue weighted by atomic mass is 14.7. The lowest BCUT2D eigenvalue weighted by Gasteiger charge is -2.17. The van der Waals surface area contributed by atoms with E-state index in [-0.39, 0.29) is 5.41 Å². The molecule has 1 aromatic carbocycles. The molecular formula is C16H27N. The molecule has 0 bridgehead atoms. The first-order valence-electron chi connectivity index (χ1n) is 6.65. The first-order chi connectivity index (χ1) is 8.09. The molecule has 0 spiro atoms. The fourth-order valence-corrected chi connectivity index (χ4v) is 1.69. The number of aromatic amines is 1. The number of aromatic nitrogens is 1. The van der Waals surface area contributed by atoms with E-state index in [4.69, 9.17) is 0 Å². The predicted octanol–water partition coefficient (Wildman–Crippen LogP) is 5.52. The minimum atomic E-state index is 0.222. The van der Waals surface area contributed by atoms with Crippen LogP contribution in [-0.2, 0) is 5.41 Å². The summed E-state index contributed by atoms with van der Waals surface area (Å²) in [5, 5.41) is 1.34. The highest BCUT2D eigenvalue weighted by molar-refractivity contribution is 5.84. The Balaban J connectivity index is 0.000000581. The molecule has 0 unspecified atom stereocenters. The minimum Gasteiger partial charge on any atom is -0.361 e. The molecule has 17 heavy (non-hydrogen) atoms. The number of hydrogen-bond donors (Lipinski definition) is 1. The van der Waals surface area contributed by atoms with Gasteiger partial charge in [0, 0.05) is 17.1 Å². The van der Waals surface area contributed by atoms with Crippen molar-refractivity contribution in [3.8, 4) is 0 Å². The zero-order valence-electron chi connectivity index (χ0n) is 12.4. The van der Waals surface area contributed by atoms with Gasteiger partial charge in [-0.05, 0) is 17.0 Å². The second-order valence-electron chi connectivity index (χ2n) is 4.50. The first-order valence-corrected chi connectivity index (χ1v) is 6.65. The summed E-state index contributed by atoms with van der Waals surface area (Å²) in [4.78, 5) is 3.29. The van der Waals surface area contributed by atoms with Crippen molar-refractivity contribution >= 4 is 10.9 Å². The normalized spacial score (nSPS) is 10.1. The largest absolute Gasteiger partial charge is 0.361 e. The van der Waals surface area contributed by atoms with Crippen LogP contribution in [0.15, 0.2) is 30.5 Å². The lowest BCUT2D eigenvalue weighted by molar-refractivity contribution is 0.596. The number of H-pyrrole nitrogens is 1. The van der Waals surface area contributed by atoms with Crippen LogP contribution in [0.5, 0.6) is 0 Å². The maximum Gasteiger partial charge on any atom is 0.0456 e. The van der Waals surface area contributed by atoms with Crippen LogP contribution in [0, 0.1) is 0 Å². The predicted molar refractivity (Wildman–Crippen MR) is 79.7 cm³/mol. The zero-order chi connectivity index (χ0) is 13.5. The van der Waals surface area contributed by atoms with E-state index in [1.54, 1.807) is 0 Å². The summed E-state index contributed by atoms with van der Waals surface area (Å²) in [6.07, 6.45) is 2.12. The van der Waals surface area contributed by atoms with Gasteiger partial charge in [0.2, 0.25) is 0 Å². The smallest absolute Gasteiger partial charge is 0.0456 e. The van der Waals surface area contributed by atoms with E-state index in [2.05, 4.69) is 56.2 Å². The molecule has 1 nitrogen and oxygen atoms in total. The Morgan fingerprint density at radius 2 is 1.41 bits per heavy atom. The molecule has 1 aromatic heterocycles. The Morgan fingerprint density at radius 3 is 1.94 bits per heavy atom. The molecule has 0 saturated carbocycles. The third-order valence-corrected chi connectivity index (χ3v) is 2.40. The van der Waals surface area contributed by atoms with Crippen LogP contribution in [0.2, 0.25) is 0 Å². The topological polar surface area (TPSA) is 15.8 Å². The number of hydrogen-bond acceptors (Lipinski definition) is 0. The van der Waals surface area contributed by atoms with Crippen molar-refractivity contribution in [2.45, 2.75) is 53.9 Å². The summed E-state index contributed by atoms with van der Waals surface area (Å²) in [5.74, 6) is 0. The van der Waals surface area contributed by atoms with Gasteiger partial charge in [-0.1, -0.05) is 66.7 Å². The van der Waals surface area contributed by atoms with E-state index in [0.29, 0.717) is 0 Å². The molecule has 0 atom stereocenters. The number of fused-ring (bicyclic) bond motifs is 1. The third kappa shape index (κ3) is 3.92. The van der Waals surface area contributed by atoms with Gasteiger partial charge in [-0.25, -0.2) is 0 Å². The van der Waals surface area contributed by atoms with Gasteiger partial charge < -0.3 is 4.98 Å². The molecule has 0 saturated heterocycles. The van der Waals surface area contributed by atoms with Crippen molar-refractivity contribution in [2.75, 3.05) is 0 Å². The summed E-state index contributed by atoms with van der Waals surface area (Å²) >= 11 is 0. The lowest BCUT2D eigenvalue weighted by atomic mass is 9.87. The maximum absolute atomic E-state index is 3.29. The number of rotatable bonds is 0. The Hall–Kier alpha value is -1.24. The van der Waals surface area contributed by atoms with Crippen molar-refractivity contribution < 1.29 is 0 Å². The molecule has 1 heterocycles. The lowest BCUT2D eigenvalue weighted by Crippen LogP contribution is -2.09.